The smallest absolute Gasteiger partial charge is 0.113 e. The van der Waals surface area contributed by atoms with Crippen molar-refractivity contribution in [3.63, 3.8) is 0 Å². The van der Waals surface area contributed by atoms with Crippen LogP contribution < -0.4 is 5.73 Å². The van der Waals surface area contributed by atoms with Crippen LogP contribution in [0.25, 0.3) is 11.0 Å². The summed E-state index contributed by atoms with van der Waals surface area (Å²) in [5.41, 5.74) is 8.86. The van der Waals surface area contributed by atoms with E-state index in [0.717, 1.165) is 11.0 Å². The fourth-order valence-corrected chi connectivity index (χ4v) is 2.33. The first kappa shape index (κ1) is 11.9. The van der Waals surface area contributed by atoms with E-state index in [4.69, 9.17) is 5.73 Å². The molecule has 4 nitrogen and oxygen atoms in total. The number of rotatable bonds is 3. The summed E-state index contributed by atoms with van der Waals surface area (Å²) in [5.74, 6) is 0. The first-order valence-corrected chi connectivity index (χ1v) is 6.30. The van der Waals surface area contributed by atoms with Gasteiger partial charge in [-0.15, -0.1) is 5.10 Å². The van der Waals surface area contributed by atoms with Gasteiger partial charge in [0.1, 0.15) is 11.2 Å². The minimum absolute atomic E-state index is 0.600. The highest BCUT2D eigenvalue weighted by Gasteiger charge is 2.24. The molecule has 1 heterocycles. The van der Waals surface area contributed by atoms with Gasteiger partial charge < -0.3 is 5.73 Å². The van der Waals surface area contributed by atoms with Crippen LogP contribution >= 0.6 is 0 Å². The molecule has 0 saturated carbocycles. The first-order valence-electron chi connectivity index (χ1n) is 6.30. The van der Waals surface area contributed by atoms with Crippen LogP contribution in [0.5, 0.6) is 0 Å². The number of aromatic nitrogens is 3. The van der Waals surface area contributed by atoms with E-state index in [1.165, 1.54) is 5.56 Å². The van der Waals surface area contributed by atoms with Gasteiger partial charge in [-0.2, -0.15) is 0 Å². The summed E-state index contributed by atoms with van der Waals surface area (Å²) in [7, 11) is 0. The quantitative estimate of drug-likeness (QED) is 0.778. The molecule has 96 valence electrons. The predicted octanol–water partition coefficient (Wildman–Crippen LogP) is 2.31. The molecule has 0 bridgehead atoms. The van der Waals surface area contributed by atoms with E-state index in [0.29, 0.717) is 6.42 Å². The average Bonchev–Trinajstić information content (AvgIpc) is 2.84. The number of nitrogens with zero attached hydrogens (tertiary/aromatic N) is 3. The lowest BCUT2D eigenvalue weighted by Crippen LogP contribution is -2.42. The molecule has 0 aliphatic carbocycles. The molecule has 1 aromatic heterocycles. The Balaban J connectivity index is 2.00. The molecule has 0 aliphatic rings. The molecule has 2 aromatic carbocycles. The largest absolute Gasteiger partial charge is 0.307 e. The van der Waals surface area contributed by atoms with Crippen LogP contribution in [-0.2, 0) is 12.1 Å². The van der Waals surface area contributed by atoms with Crippen molar-refractivity contribution < 1.29 is 0 Å². The number of para-hydroxylation sites is 1. The van der Waals surface area contributed by atoms with Crippen molar-refractivity contribution >= 4 is 11.0 Å². The maximum absolute atomic E-state index is 6.44. The summed E-state index contributed by atoms with van der Waals surface area (Å²) in [6.07, 6.45) is 0.710. The normalized spacial score (nSPS) is 14.4. The number of hydrogen-bond donors (Lipinski definition) is 1. The molecule has 0 spiro atoms. The number of fused-ring (bicyclic) bond motifs is 1. The molecule has 1 atom stereocenters. The summed E-state index contributed by atoms with van der Waals surface area (Å²) < 4.78 is 1.80. The minimum atomic E-state index is -0.600. The first-order chi connectivity index (χ1) is 9.17. The third kappa shape index (κ3) is 2.22. The summed E-state index contributed by atoms with van der Waals surface area (Å²) in [6.45, 7) is 1.97. The van der Waals surface area contributed by atoms with E-state index in [-0.39, 0.29) is 0 Å². The fraction of sp³-hybridized carbons (Fsp3) is 0.200. The SMILES string of the molecule is CC(N)(Cc1ccccc1)n1nnc2ccccc21. The van der Waals surface area contributed by atoms with E-state index >= 15 is 0 Å². The number of hydrogen-bond acceptors (Lipinski definition) is 3. The summed E-state index contributed by atoms with van der Waals surface area (Å²) >= 11 is 0. The molecule has 0 saturated heterocycles. The van der Waals surface area contributed by atoms with Crippen LogP contribution in [-0.4, -0.2) is 15.0 Å². The molecule has 0 amide bonds. The van der Waals surface area contributed by atoms with E-state index in [1.807, 2.05) is 49.4 Å². The Bertz CT molecular complexity index is 685. The topological polar surface area (TPSA) is 56.7 Å². The summed E-state index contributed by atoms with van der Waals surface area (Å²) in [5, 5.41) is 8.36. The van der Waals surface area contributed by atoms with Crippen LogP contribution in [0.2, 0.25) is 0 Å². The Morgan fingerprint density at radius 1 is 1.05 bits per heavy atom. The van der Waals surface area contributed by atoms with E-state index in [1.54, 1.807) is 4.68 Å². The third-order valence-electron chi connectivity index (χ3n) is 3.24. The zero-order valence-corrected chi connectivity index (χ0v) is 10.8. The standard InChI is InChI=1S/C15H16N4/c1-15(16,11-12-7-3-2-4-8-12)19-14-10-6-5-9-13(14)17-18-19/h2-10H,11,16H2,1H3. The summed E-state index contributed by atoms with van der Waals surface area (Å²) in [4.78, 5) is 0. The Hall–Kier alpha value is -2.20. The monoisotopic (exact) mass is 252 g/mol. The van der Waals surface area contributed by atoms with Gasteiger partial charge in [0.05, 0.1) is 5.52 Å². The van der Waals surface area contributed by atoms with Crippen molar-refractivity contribution in [3.05, 3.63) is 60.2 Å². The van der Waals surface area contributed by atoms with Crippen LogP contribution in [0.3, 0.4) is 0 Å². The van der Waals surface area contributed by atoms with Crippen molar-refractivity contribution in [2.75, 3.05) is 0 Å². The van der Waals surface area contributed by atoms with Crippen molar-refractivity contribution in [2.45, 2.75) is 19.0 Å². The van der Waals surface area contributed by atoms with Crippen LogP contribution in [0, 0.1) is 0 Å². The van der Waals surface area contributed by atoms with Crippen molar-refractivity contribution in [1.82, 2.24) is 15.0 Å². The lowest BCUT2D eigenvalue weighted by atomic mass is 10.0. The minimum Gasteiger partial charge on any atom is -0.307 e. The van der Waals surface area contributed by atoms with Gasteiger partial charge in [-0.1, -0.05) is 47.7 Å². The lowest BCUT2D eigenvalue weighted by molar-refractivity contribution is 0.299. The van der Waals surface area contributed by atoms with Gasteiger partial charge in [0.15, 0.2) is 0 Å². The van der Waals surface area contributed by atoms with Crippen molar-refractivity contribution in [3.8, 4) is 0 Å². The van der Waals surface area contributed by atoms with Crippen LogP contribution in [0.1, 0.15) is 12.5 Å². The maximum Gasteiger partial charge on any atom is 0.113 e. The molecular formula is C15H16N4. The van der Waals surface area contributed by atoms with Gasteiger partial charge in [0.2, 0.25) is 0 Å². The maximum atomic E-state index is 6.44. The highest BCUT2D eigenvalue weighted by molar-refractivity contribution is 5.74. The fourth-order valence-electron chi connectivity index (χ4n) is 2.33. The second-order valence-corrected chi connectivity index (χ2v) is 5.01. The Labute approximate surface area is 111 Å². The number of benzene rings is 2. The van der Waals surface area contributed by atoms with Gasteiger partial charge in [-0.3, -0.25) is 0 Å². The Morgan fingerprint density at radius 2 is 1.74 bits per heavy atom. The lowest BCUT2D eigenvalue weighted by Gasteiger charge is -2.25. The molecule has 3 rings (SSSR count). The second kappa shape index (κ2) is 4.48. The van der Waals surface area contributed by atoms with Gasteiger partial charge >= 0.3 is 0 Å². The average molecular weight is 252 g/mol. The summed E-state index contributed by atoms with van der Waals surface area (Å²) in [6, 6.07) is 18.0. The zero-order chi connectivity index (χ0) is 13.3. The van der Waals surface area contributed by atoms with E-state index < -0.39 is 5.66 Å². The van der Waals surface area contributed by atoms with Gasteiger partial charge in [0.25, 0.3) is 0 Å². The predicted molar refractivity (Wildman–Crippen MR) is 75.5 cm³/mol. The van der Waals surface area contributed by atoms with Gasteiger partial charge in [-0.25, -0.2) is 4.68 Å². The molecule has 4 heteroatoms. The Kier molecular flexibility index (Phi) is 2.80. The molecular weight excluding hydrogens is 236 g/mol. The second-order valence-electron chi connectivity index (χ2n) is 5.01. The van der Waals surface area contributed by atoms with Crippen LogP contribution in [0.15, 0.2) is 54.6 Å². The number of nitrogens with two attached hydrogens (primary N) is 1. The highest BCUT2D eigenvalue weighted by Crippen LogP contribution is 2.20. The highest BCUT2D eigenvalue weighted by atomic mass is 15.5. The van der Waals surface area contributed by atoms with Crippen molar-refractivity contribution in [2.24, 2.45) is 5.73 Å². The van der Waals surface area contributed by atoms with Crippen molar-refractivity contribution in [1.29, 1.82) is 0 Å². The molecule has 1 unspecified atom stereocenters. The van der Waals surface area contributed by atoms with Gasteiger partial charge in [0, 0.05) is 6.42 Å². The molecule has 19 heavy (non-hydrogen) atoms. The molecule has 0 fully saturated rings. The molecule has 0 aliphatic heterocycles. The van der Waals surface area contributed by atoms with E-state index in [9.17, 15) is 0 Å². The molecule has 0 radical (unpaired) electrons. The van der Waals surface area contributed by atoms with Crippen LogP contribution in [0.4, 0.5) is 0 Å². The molecule has 2 N–H and O–H groups in total. The Morgan fingerprint density at radius 3 is 2.53 bits per heavy atom. The zero-order valence-electron chi connectivity index (χ0n) is 10.8. The molecule has 3 aromatic rings. The third-order valence-corrected chi connectivity index (χ3v) is 3.24. The van der Waals surface area contributed by atoms with Gasteiger partial charge in [-0.05, 0) is 24.6 Å². The van der Waals surface area contributed by atoms with E-state index in [2.05, 4.69) is 22.4 Å².